The highest BCUT2D eigenvalue weighted by Gasteiger charge is 2.12. The van der Waals surface area contributed by atoms with Crippen LogP contribution < -0.4 is 9.31 Å². The van der Waals surface area contributed by atoms with E-state index in [4.69, 9.17) is 9.31 Å². The Morgan fingerprint density at radius 1 is 0.576 bits per heavy atom. The summed E-state index contributed by atoms with van der Waals surface area (Å²) < 4.78 is 11.2. The van der Waals surface area contributed by atoms with Crippen molar-refractivity contribution in [2.24, 2.45) is 0 Å². The Morgan fingerprint density at radius 2 is 1.00 bits per heavy atom. The van der Waals surface area contributed by atoms with E-state index < -0.39 is 0 Å². The van der Waals surface area contributed by atoms with Gasteiger partial charge < -0.3 is 9.31 Å². The van der Waals surface area contributed by atoms with Crippen LogP contribution in [0.25, 0.3) is 22.3 Å². The second-order valence-electron chi connectivity index (χ2n) is 7.60. The van der Waals surface area contributed by atoms with Gasteiger partial charge in [-0.25, -0.2) is 0 Å². The summed E-state index contributed by atoms with van der Waals surface area (Å²) in [7, 11) is 1.20. The molecule has 0 aliphatic rings. The third kappa shape index (κ3) is 4.74. The van der Waals surface area contributed by atoms with Gasteiger partial charge in [-0.05, 0) is 83.6 Å². The molecule has 0 spiro atoms. The number of nitriles is 2. The van der Waals surface area contributed by atoms with Crippen LogP contribution >= 0.6 is 0 Å². The number of nitrogens with zero attached hydrogens (tertiary/aromatic N) is 2. The number of hydrogen-bond acceptors (Lipinski definition) is 4. The van der Waals surface area contributed by atoms with Crippen molar-refractivity contribution in [2.45, 2.75) is 13.8 Å². The van der Waals surface area contributed by atoms with Gasteiger partial charge in [0.25, 0.3) is 0 Å². The Balaban J connectivity index is 1.48. The highest BCUT2D eigenvalue weighted by Crippen LogP contribution is 2.31. The minimum absolute atomic E-state index is 0.487. The molecular formula is C28H20BN2O2. The van der Waals surface area contributed by atoms with Gasteiger partial charge in [-0.1, -0.05) is 48.5 Å². The lowest BCUT2D eigenvalue weighted by atomic mass is 9.96. The van der Waals surface area contributed by atoms with Crippen LogP contribution in [0.4, 0.5) is 0 Å². The minimum Gasteiger partial charge on any atom is -0.526 e. The van der Waals surface area contributed by atoms with Crippen molar-refractivity contribution in [3.05, 3.63) is 107 Å². The smallest absolute Gasteiger partial charge is 0.526 e. The maximum Gasteiger partial charge on any atom is 0.658 e. The van der Waals surface area contributed by atoms with Crippen LogP contribution in [0.5, 0.6) is 11.5 Å². The lowest BCUT2D eigenvalue weighted by Gasteiger charge is -2.12. The number of hydrogen-bond donors (Lipinski definition) is 0. The van der Waals surface area contributed by atoms with E-state index in [0.29, 0.717) is 22.6 Å². The maximum absolute atomic E-state index is 9.62. The van der Waals surface area contributed by atoms with E-state index >= 15 is 0 Å². The van der Waals surface area contributed by atoms with Crippen LogP contribution in [0.1, 0.15) is 22.3 Å². The highest BCUT2D eigenvalue weighted by atomic mass is 16.6. The summed E-state index contributed by atoms with van der Waals surface area (Å²) in [6.45, 7) is 4.03. The van der Waals surface area contributed by atoms with E-state index in [2.05, 4.69) is 12.1 Å². The van der Waals surface area contributed by atoms with Gasteiger partial charge in [0.15, 0.2) is 0 Å². The van der Waals surface area contributed by atoms with Gasteiger partial charge in [-0.15, -0.1) is 0 Å². The summed E-state index contributed by atoms with van der Waals surface area (Å²) in [4.78, 5) is 0. The lowest BCUT2D eigenvalue weighted by Crippen LogP contribution is -2.11. The summed E-state index contributed by atoms with van der Waals surface area (Å²) in [5.74, 6) is 0.974. The van der Waals surface area contributed by atoms with Gasteiger partial charge in [0.05, 0.1) is 23.3 Å². The molecule has 1 radical (unpaired) electrons. The fourth-order valence-corrected chi connectivity index (χ4v) is 3.73. The average molecular weight is 427 g/mol. The van der Waals surface area contributed by atoms with E-state index in [1.165, 1.54) is 7.69 Å². The van der Waals surface area contributed by atoms with Crippen LogP contribution in [-0.4, -0.2) is 7.69 Å². The van der Waals surface area contributed by atoms with Crippen molar-refractivity contribution >= 4 is 7.69 Å². The summed E-state index contributed by atoms with van der Waals surface area (Å²) in [6, 6.07) is 31.1. The quantitative estimate of drug-likeness (QED) is 0.335. The van der Waals surface area contributed by atoms with E-state index in [-0.39, 0.29) is 0 Å². The topological polar surface area (TPSA) is 66.0 Å². The molecule has 0 aromatic heterocycles. The molecule has 5 heteroatoms. The Hall–Kier alpha value is -4.48. The van der Waals surface area contributed by atoms with Crippen LogP contribution in [0.2, 0.25) is 0 Å². The van der Waals surface area contributed by atoms with Crippen molar-refractivity contribution in [1.82, 2.24) is 0 Å². The Bertz CT molecular complexity index is 1290. The Labute approximate surface area is 194 Å². The third-order valence-corrected chi connectivity index (χ3v) is 5.46. The molecule has 0 heterocycles. The molecule has 0 aliphatic heterocycles. The summed E-state index contributed by atoms with van der Waals surface area (Å²) in [5.41, 5.74) is 6.97. The van der Waals surface area contributed by atoms with Gasteiger partial charge in [0.1, 0.15) is 11.5 Å². The first-order valence-electron chi connectivity index (χ1n) is 10.5. The second kappa shape index (κ2) is 9.77. The fourth-order valence-electron chi connectivity index (χ4n) is 3.73. The van der Waals surface area contributed by atoms with Crippen LogP contribution in [-0.2, 0) is 0 Å². The minimum atomic E-state index is 0.487. The lowest BCUT2D eigenvalue weighted by molar-refractivity contribution is 0.459. The molecule has 33 heavy (non-hydrogen) atoms. The molecule has 0 N–H and O–H groups in total. The maximum atomic E-state index is 9.62. The van der Waals surface area contributed by atoms with Crippen molar-refractivity contribution in [3.8, 4) is 45.9 Å². The second-order valence-corrected chi connectivity index (χ2v) is 7.60. The third-order valence-electron chi connectivity index (χ3n) is 5.46. The normalized spacial score (nSPS) is 10.1. The van der Waals surface area contributed by atoms with Crippen LogP contribution in [0.3, 0.4) is 0 Å². The monoisotopic (exact) mass is 427 g/mol. The first kappa shape index (κ1) is 21.7. The van der Waals surface area contributed by atoms with Crippen molar-refractivity contribution in [2.75, 3.05) is 0 Å². The SMILES string of the molecule is Cc1ccccc1-c1ccc(O[B]Oc2ccc(-c3ccccc3C)c(C#N)c2)cc1C#N. The predicted octanol–water partition coefficient (Wildman–Crippen LogP) is 6.37. The standard InChI is InChI=1S/C28H20BN2O2/c1-19-7-3-5-9-25(19)27-13-11-23(15-21(27)17-30)32-29-33-24-12-14-28(22(16-24)18-31)26-10-6-4-8-20(26)2/h3-16H,1-2H3. The molecule has 0 amide bonds. The van der Waals surface area contributed by atoms with E-state index in [1.807, 2.05) is 74.5 Å². The van der Waals surface area contributed by atoms with Crippen molar-refractivity contribution in [3.63, 3.8) is 0 Å². The molecular weight excluding hydrogens is 407 g/mol. The molecule has 0 fully saturated rings. The van der Waals surface area contributed by atoms with E-state index in [9.17, 15) is 10.5 Å². The highest BCUT2D eigenvalue weighted by molar-refractivity contribution is 6.20. The molecule has 4 aromatic carbocycles. The number of rotatable bonds is 6. The molecule has 0 unspecified atom stereocenters. The molecule has 0 bridgehead atoms. The molecule has 0 saturated carbocycles. The summed E-state index contributed by atoms with van der Waals surface area (Å²) in [6.07, 6.45) is 0. The zero-order valence-corrected chi connectivity index (χ0v) is 18.4. The van der Waals surface area contributed by atoms with Gasteiger partial charge in [0.2, 0.25) is 0 Å². The van der Waals surface area contributed by atoms with E-state index in [1.54, 1.807) is 24.3 Å². The van der Waals surface area contributed by atoms with Gasteiger partial charge in [0, 0.05) is 0 Å². The molecule has 0 saturated heterocycles. The molecule has 0 aliphatic carbocycles. The van der Waals surface area contributed by atoms with Gasteiger partial charge >= 0.3 is 7.69 Å². The zero-order chi connectivity index (χ0) is 23.2. The van der Waals surface area contributed by atoms with Crippen molar-refractivity contribution in [1.29, 1.82) is 10.5 Å². The van der Waals surface area contributed by atoms with Crippen LogP contribution in [0, 0.1) is 36.5 Å². The van der Waals surface area contributed by atoms with Crippen LogP contribution in [0.15, 0.2) is 84.9 Å². The summed E-state index contributed by atoms with van der Waals surface area (Å²) in [5, 5.41) is 19.2. The molecule has 0 atom stereocenters. The largest absolute Gasteiger partial charge is 0.658 e. The average Bonchev–Trinajstić information content (AvgIpc) is 2.85. The first-order valence-corrected chi connectivity index (χ1v) is 10.5. The first-order chi connectivity index (χ1) is 16.1. The predicted molar refractivity (Wildman–Crippen MR) is 130 cm³/mol. The number of benzene rings is 4. The number of aryl methyl sites for hydroxylation is 2. The van der Waals surface area contributed by atoms with Crippen molar-refractivity contribution < 1.29 is 9.31 Å². The van der Waals surface area contributed by atoms with Gasteiger partial charge in [-0.3, -0.25) is 0 Å². The molecule has 4 aromatic rings. The van der Waals surface area contributed by atoms with Gasteiger partial charge in [-0.2, -0.15) is 10.5 Å². The zero-order valence-electron chi connectivity index (χ0n) is 18.4. The summed E-state index contributed by atoms with van der Waals surface area (Å²) >= 11 is 0. The Morgan fingerprint density at radius 3 is 1.39 bits per heavy atom. The van der Waals surface area contributed by atoms with E-state index in [0.717, 1.165) is 33.4 Å². The molecule has 157 valence electrons. The fraction of sp³-hybridized carbons (Fsp3) is 0.0714. The molecule has 4 nitrogen and oxygen atoms in total. The molecule has 4 rings (SSSR count). The Kier molecular flexibility index (Phi) is 6.44.